The molecule has 8 nitrogen and oxygen atoms in total. The number of halogens is 1. The van der Waals surface area contributed by atoms with Crippen LogP contribution in [0, 0.1) is 5.82 Å². The van der Waals surface area contributed by atoms with E-state index in [2.05, 4.69) is 15.5 Å². The fourth-order valence-corrected chi connectivity index (χ4v) is 3.66. The quantitative estimate of drug-likeness (QED) is 0.367. The van der Waals surface area contributed by atoms with Crippen LogP contribution in [0.2, 0.25) is 0 Å². The Morgan fingerprint density at radius 3 is 2.82 bits per heavy atom. The first kappa shape index (κ1) is 19.7. The second-order valence-corrected chi connectivity index (χ2v) is 7.49. The molecule has 1 amide bonds. The average molecular weight is 421 g/mol. The number of esters is 1. The number of carbonyl (C=O) groups is 2. The number of ether oxygens (including phenoxy) is 1. The smallest absolute Gasteiger partial charge is 0.346 e. The van der Waals surface area contributed by atoms with E-state index in [1.54, 1.807) is 0 Å². The molecule has 3 rings (SSSR count). The van der Waals surface area contributed by atoms with E-state index < -0.39 is 17.2 Å². The van der Waals surface area contributed by atoms with Gasteiger partial charge in [0.05, 0.1) is 11.3 Å². The lowest BCUT2D eigenvalue weighted by Crippen LogP contribution is -2.15. The van der Waals surface area contributed by atoms with Gasteiger partial charge in [-0.2, -0.15) is 0 Å². The lowest BCUT2D eigenvalue weighted by Gasteiger charge is -2.05. The summed E-state index contributed by atoms with van der Waals surface area (Å²) in [6.07, 6.45) is 1.000. The fourth-order valence-electron chi connectivity index (χ4n) is 1.97. The number of hydrogen-bond acceptors (Lipinski definition) is 9. The predicted octanol–water partition coefficient (Wildman–Crippen LogP) is 3.10. The molecule has 0 spiro atoms. The summed E-state index contributed by atoms with van der Waals surface area (Å²) in [5, 5.41) is 10.6. The van der Waals surface area contributed by atoms with Gasteiger partial charge in [-0.05, 0) is 12.1 Å². The Morgan fingerprint density at radius 2 is 2.11 bits per heavy atom. The first-order valence-electron chi connectivity index (χ1n) is 7.74. The lowest BCUT2D eigenvalue weighted by atomic mass is 10.2. The molecule has 0 aliphatic heterocycles. The number of benzene rings is 1. The number of amides is 1. The lowest BCUT2D eigenvalue weighted by molar-refractivity contribution is -0.114. The van der Waals surface area contributed by atoms with Crippen LogP contribution in [0.4, 0.5) is 9.52 Å². The maximum atomic E-state index is 13.6. The summed E-state index contributed by atoms with van der Waals surface area (Å²) >= 11 is 2.43. The van der Waals surface area contributed by atoms with Gasteiger partial charge in [0, 0.05) is 13.0 Å². The number of aromatic nitrogens is 2. The molecule has 28 heavy (non-hydrogen) atoms. The van der Waals surface area contributed by atoms with Crippen molar-refractivity contribution in [2.75, 3.05) is 5.32 Å². The van der Waals surface area contributed by atoms with Gasteiger partial charge in [-0.1, -0.05) is 35.2 Å². The van der Waals surface area contributed by atoms with E-state index >= 15 is 0 Å². The Kier molecular flexibility index (Phi) is 6.16. The Balaban J connectivity index is 1.63. The Hall–Kier alpha value is -3.05. The number of nitrogens with zero attached hydrogens (tertiary/aromatic N) is 2. The van der Waals surface area contributed by atoms with Gasteiger partial charge in [-0.25, -0.2) is 9.18 Å². The highest BCUT2D eigenvalue weighted by atomic mass is 32.2. The zero-order chi connectivity index (χ0) is 20.1. The number of nitrogens with one attached hydrogen (secondary N) is 1. The summed E-state index contributed by atoms with van der Waals surface area (Å²) in [6.45, 7) is 1.36. The molecule has 0 bridgehead atoms. The minimum absolute atomic E-state index is 0.251. The molecule has 0 atom stereocenters. The predicted molar refractivity (Wildman–Crippen MR) is 100 cm³/mol. The number of carbonyl (C=O) groups excluding carboxylic acids is 2. The Labute approximate surface area is 165 Å². The standard InChI is InChI=1S/C17H12FN3O5S2/c1-9(22)19-16-20-21-17(28-16)27-8-10-6-13(23)14(7-25-10)26-15(24)11-4-2-3-5-12(11)18/h2-7H,8H2,1H3,(H,19,20,22). The van der Waals surface area contributed by atoms with Crippen molar-refractivity contribution in [1.29, 1.82) is 0 Å². The van der Waals surface area contributed by atoms with Crippen LogP contribution in [-0.4, -0.2) is 22.1 Å². The zero-order valence-corrected chi connectivity index (χ0v) is 15.9. The van der Waals surface area contributed by atoms with Gasteiger partial charge < -0.3 is 14.5 Å². The van der Waals surface area contributed by atoms with Crippen LogP contribution >= 0.6 is 23.1 Å². The van der Waals surface area contributed by atoms with Crippen molar-refractivity contribution in [3.8, 4) is 5.75 Å². The fraction of sp³-hybridized carbons (Fsp3) is 0.118. The monoisotopic (exact) mass is 421 g/mol. The maximum absolute atomic E-state index is 13.6. The molecule has 1 N–H and O–H groups in total. The van der Waals surface area contributed by atoms with Crippen LogP contribution in [0.3, 0.4) is 0 Å². The van der Waals surface area contributed by atoms with Crippen molar-refractivity contribution < 1.29 is 23.1 Å². The molecule has 144 valence electrons. The van der Waals surface area contributed by atoms with Crippen LogP contribution in [-0.2, 0) is 10.5 Å². The molecule has 0 saturated heterocycles. The third kappa shape index (κ3) is 5.02. The van der Waals surface area contributed by atoms with E-state index in [9.17, 15) is 18.8 Å². The summed E-state index contributed by atoms with van der Waals surface area (Å²) in [5.74, 6) is -1.75. The van der Waals surface area contributed by atoms with E-state index in [0.29, 0.717) is 15.2 Å². The van der Waals surface area contributed by atoms with Crippen molar-refractivity contribution in [3.63, 3.8) is 0 Å². The van der Waals surface area contributed by atoms with E-state index in [0.717, 1.165) is 12.3 Å². The summed E-state index contributed by atoms with van der Waals surface area (Å²) in [6, 6.07) is 6.45. The molecular weight excluding hydrogens is 409 g/mol. The molecule has 0 unspecified atom stereocenters. The van der Waals surface area contributed by atoms with Crippen molar-refractivity contribution >= 4 is 40.1 Å². The van der Waals surface area contributed by atoms with Gasteiger partial charge in [0.15, 0.2) is 4.34 Å². The van der Waals surface area contributed by atoms with Crippen molar-refractivity contribution in [3.05, 3.63) is 64.0 Å². The molecule has 3 aromatic rings. The normalized spacial score (nSPS) is 10.5. The second-order valence-electron chi connectivity index (χ2n) is 5.29. The molecule has 0 radical (unpaired) electrons. The Morgan fingerprint density at radius 1 is 1.32 bits per heavy atom. The van der Waals surface area contributed by atoms with Crippen molar-refractivity contribution in [2.45, 2.75) is 17.0 Å². The van der Waals surface area contributed by atoms with Gasteiger partial charge >= 0.3 is 5.97 Å². The topological polar surface area (TPSA) is 111 Å². The first-order chi connectivity index (χ1) is 13.4. The molecule has 0 aliphatic carbocycles. The van der Waals surface area contributed by atoms with Crippen LogP contribution in [0.1, 0.15) is 23.0 Å². The third-order valence-corrected chi connectivity index (χ3v) is 5.17. The molecule has 0 saturated carbocycles. The van der Waals surface area contributed by atoms with Crippen molar-refractivity contribution in [2.24, 2.45) is 0 Å². The summed E-state index contributed by atoms with van der Waals surface area (Å²) in [4.78, 5) is 35.1. The van der Waals surface area contributed by atoms with E-state index in [4.69, 9.17) is 9.15 Å². The summed E-state index contributed by atoms with van der Waals surface area (Å²) in [7, 11) is 0. The number of thioether (sulfide) groups is 1. The highest BCUT2D eigenvalue weighted by Crippen LogP contribution is 2.28. The highest BCUT2D eigenvalue weighted by Gasteiger charge is 2.16. The van der Waals surface area contributed by atoms with Crippen molar-refractivity contribution in [1.82, 2.24) is 10.2 Å². The summed E-state index contributed by atoms with van der Waals surface area (Å²) in [5.41, 5.74) is -0.865. The maximum Gasteiger partial charge on any atom is 0.346 e. The number of hydrogen-bond donors (Lipinski definition) is 1. The third-order valence-electron chi connectivity index (χ3n) is 3.18. The molecule has 0 fully saturated rings. The van der Waals surface area contributed by atoms with E-state index in [-0.39, 0.29) is 23.0 Å². The number of rotatable bonds is 6. The second kappa shape index (κ2) is 8.76. The molecule has 2 aromatic heterocycles. The molecular formula is C17H12FN3O5S2. The van der Waals surface area contributed by atoms with E-state index in [1.807, 2.05) is 0 Å². The SMILES string of the molecule is CC(=O)Nc1nnc(SCc2cc(=O)c(OC(=O)c3ccccc3F)co2)s1. The van der Waals surface area contributed by atoms with Crippen LogP contribution in [0.25, 0.3) is 0 Å². The summed E-state index contributed by atoms with van der Waals surface area (Å²) < 4.78 is 24.4. The van der Waals surface area contributed by atoms with Crippen LogP contribution < -0.4 is 15.5 Å². The molecule has 1 aromatic carbocycles. The van der Waals surface area contributed by atoms with Gasteiger partial charge in [-0.15, -0.1) is 10.2 Å². The molecule has 2 heterocycles. The number of anilines is 1. The van der Waals surface area contributed by atoms with Crippen LogP contribution in [0.5, 0.6) is 5.75 Å². The van der Waals surface area contributed by atoms with E-state index in [1.165, 1.54) is 54.3 Å². The largest absolute Gasteiger partial charge is 0.464 e. The molecule has 11 heteroatoms. The minimum Gasteiger partial charge on any atom is -0.464 e. The van der Waals surface area contributed by atoms with Crippen LogP contribution in [0.15, 0.2) is 50.1 Å². The average Bonchev–Trinajstić information content (AvgIpc) is 3.09. The Bertz CT molecular complexity index is 1080. The first-order valence-corrected chi connectivity index (χ1v) is 9.55. The van der Waals surface area contributed by atoms with Gasteiger partial charge in [0.1, 0.15) is 17.8 Å². The van der Waals surface area contributed by atoms with Gasteiger partial charge in [-0.3, -0.25) is 9.59 Å². The van der Waals surface area contributed by atoms with Gasteiger partial charge in [0.2, 0.25) is 22.2 Å². The highest BCUT2D eigenvalue weighted by molar-refractivity contribution is 8.00. The molecule has 0 aliphatic rings. The minimum atomic E-state index is -0.994. The van der Waals surface area contributed by atoms with Gasteiger partial charge in [0.25, 0.3) is 0 Å². The zero-order valence-electron chi connectivity index (χ0n) is 14.3.